The van der Waals surface area contributed by atoms with Gasteiger partial charge in [-0.3, -0.25) is 4.79 Å². The van der Waals surface area contributed by atoms with Crippen LogP contribution in [0.25, 0.3) is 0 Å². The van der Waals surface area contributed by atoms with E-state index in [0.717, 1.165) is 18.7 Å². The van der Waals surface area contributed by atoms with Gasteiger partial charge in [0.1, 0.15) is 4.47 Å². The summed E-state index contributed by atoms with van der Waals surface area (Å²) in [6.45, 7) is 7.07. The Labute approximate surface area is 116 Å². The zero-order valence-electron chi connectivity index (χ0n) is 11.2. The molecular weight excluding hydrogens is 294 g/mol. The van der Waals surface area contributed by atoms with Gasteiger partial charge in [0, 0.05) is 12.1 Å². The zero-order chi connectivity index (χ0) is 13.3. The lowest BCUT2D eigenvalue weighted by molar-refractivity contribution is 0.524. The first kappa shape index (κ1) is 13.6. The molecule has 0 saturated heterocycles. The predicted octanol–water partition coefficient (Wildman–Crippen LogP) is 3.02. The summed E-state index contributed by atoms with van der Waals surface area (Å²) in [5.74, 6) is 0.646. The molecule has 1 aromatic rings. The van der Waals surface area contributed by atoms with E-state index >= 15 is 0 Å². The van der Waals surface area contributed by atoms with E-state index in [4.69, 9.17) is 0 Å². The van der Waals surface area contributed by atoms with Crippen LogP contribution in [0, 0.1) is 5.92 Å². The lowest BCUT2D eigenvalue weighted by Gasteiger charge is -2.26. The molecule has 1 saturated carbocycles. The molecule has 100 valence electrons. The molecule has 2 rings (SSSR count). The Morgan fingerprint density at radius 1 is 1.56 bits per heavy atom. The van der Waals surface area contributed by atoms with Crippen LogP contribution in [-0.4, -0.2) is 15.3 Å². The van der Waals surface area contributed by atoms with Crippen molar-refractivity contribution in [3.05, 3.63) is 21.0 Å². The van der Waals surface area contributed by atoms with Gasteiger partial charge in [-0.25, -0.2) is 4.68 Å². The topological polar surface area (TPSA) is 46.9 Å². The van der Waals surface area contributed by atoms with Gasteiger partial charge in [-0.1, -0.05) is 6.92 Å². The highest BCUT2D eigenvalue weighted by atomic mass is 79.9. The van der Waals surface area contributed by atoms with Crippen molar-refractivity contribution < 1.29 is 0 Å². The Hall–Kier alpha value is -0.840. The van der Waals surface area contributed by atoms with Crippen molar-refractivity contribution in [1.82, 2.24) is 9.78 Å². The van der Waals surface area contributed by atoms with Crippen LogP contribution in [0.3, 0.4) is 0 Å². The molecule has 1 N–H and O–H groups in total. The third-order valence-electron chi connectivity index (χ3n) is 3.47. The minimum Gasteiger partial charge on any atom is -0.378 e. The van der Waals surface area contributed by atoms with Crippen molar-refractivity contribution in [2.45, 2.75) is 52.1 Å². The van der Waals surface area contributed by atoms with E-state index in [-0.39, 0.29) is 11.1 Å². The van der Waals surface area contributed by atoms with Gasteiger partial charge in [-0.05, 0) is 55.0 Å². The fraction of sp³-hybridized carbons (Fsp3) is 0.692. The highest BCUT2D eigenvalue weighted by Crippen LogP contribution is 2.30. The average Bonchev–Trinajstić information content (AvgIpc) is 3.13. The molecule has 4 nitrogen and oxygen atoms in total. The zero-order valence-corrected chi connectivity index (χ0v) is 12.7. The molecule has 0 radical (unpaired) electrons. The second kappa shape index (κ2) is 5.03. The average molecular weight is 314 g/mol. The number of hydrogen-bond acceptors (Lipinski definition) is 3. The van der Waals surface area contributed by atoms with Gasteiger partial charge in [-0.2, -0.15) is 5.10 Å². The Morgan fingerprint density at radius 2 is 2.22 bits per heavy atom. The third kappa shape index (κ3) is 3.13. The summed E-state index contributed by atoms with van der Waals surface area (Å²) >= 11 is 3.39. The molecule has 5 heteroatoms. The second-order valence-electron chi connectivity index (χ2n) is 5.67. The molecule has 1 aliphatic carbocycles. The Bertz CT molecular complexity index is 491. The summed E-state index contributed by atoms with van der Waals surface area (Å²) in [4.78, 5) is 12.1. The van der Waals surface area contributed by atoms with Gasteiger partial charge >= 0.3 is 0 Å². The minimum atomic E-state index is -0.0428. The van der Waals surface area contributed by atoms with Crippen LogP contribution in [-0.2, 0) is 6.54 Å². The van der Waals surface area contributed by atoms with Crippen LogP contribution in [0.1, 0.15) is 40.0 Å². The van der Waals surface area contributed by atoms with Gasteiger partial charge in [0.15, 0.2) is 0 Å². The molecule has 0 amide bonds. The summed E-state index contributed by atoms with van der Waals surface area (Å²) in [6, 6.07) is 0. The Kier molecular flexibility index (Phi) is 3.80. The van der Waals surface area contributed by atoms with Gasteiger partial charge in [0.05, 0.1) is 11.9 Å². The van der Waals surface area contributed by atoms with Crippen molar-refractivity contribution in [3.63, 3.8) is 0 Å². The number of nitrogens with zero attached hydrogens (tertiary/aromatic N) is 2. The van der Waals surface area contributed by atoms with Crippen molar-refractivity contribution in [2.24, 2.45) is 5.92 Å². The predicted molar refractivity (Wildman–Crippen MR) is 76.9 cm³/mol. The van der Waals surface area contributed by atoms with Crippen LogP contribution in [0.5, 0.6) is 0 Å². The Morgan fingerprint density at radius 3 is 2.78 bits per heavy atom. The molecule has 1 heterocycles. The molecule has 0 aromatic carbocycles. The summed E-state index contributed by atoms with van der Waals surface area (Å²) in [7, 11) is 0. The fourth-order valence-corrected chi connectivity index (χ4v) is 2.09. The van der Waals surface area contributed by atoms with Crippen LogP contribution >= 0.6 is 15.9 Å². The van der Waals surface area contributed by atoms with Crippen LogP contribution in [0.2, 0.25) is 0 Å². The highest BCUT2D eigenvalue weighted by molar-refractivity contribution is 9.10. The standard InChI is InChI=1S/C13H20BrN3O/c1-4-13(2,3)16-10-7-15-17(8-9-5-6-9)12(18)11(10)14/h7,9,16H,4-6,8H2,1-3H3. The van der Waals surface area contributed by atoms with E-state index in [0.29, 0.717) is 10.4 Å². The van der Waals surface area contributed by atoms with E-state index in [1.54, 1.807) is 10.9 Å². The summed E-state index contributed by atoms with van der Waals surface area (Å²) in [5.41, 5.74) is 0.692. The smallest absolute Gasteiger partial charge is 0.283 e. The van der Waals surface area contributed by atoms with E-state index in [1.807, 2.05) is 0 Å². The van der Waals surface area contributed by atoms with Gasteiger partial charge < -0.3 is 5.32 Å². The first-order valence-electron chi connectivity index (χ1n) is 6.47. The van der Waals surface area contributed by atoms with Crippen LogP contribution in [0.15, 0.2) is 15.5 Å². The van der Waals surface area contributed by atoms with E-state index < -0.39 is 0 Å². The minimum absolute atomic E-state index is 0.0423. The molecule has 18 heavy (non-hydrogen) atoms. The number of nitrogens with one attached hydrogen (secondary N) is 1. The largest absolute Gasteiger partial charge is 0.378 e. The first-order chi connectivity index (χ1) is 8.43. The fourth-order valence-electron chi connectivity index (χ4n) is 1.68. The van der Waals surface area contributed by atoms with Crippen molar-refractivity contribution in [3.8, 4) is 0 Å². The monoisotopic (exact) mass is 313 g/mol. The maximum absolute atomic E-state index is 12.1. The normalized spacial score (nSPS) is 15.8. The number of rotatable bonds is 5. The number of anilines is 1. The quantitative estimate of drug-likeness (QED) is 0.909. The van der Waals surface area contributed by atoms with E-state index in [2.05, 4.69) is 47.1 Å². The van der Waals surface area contributed by atoms with Crippen molar-refractivity contribution >= 4 is 21.6 Å². The van der Waals surface area contributed by atoms with Crippen LogP contribution in [0.4, 0.5) is 5.69 Å². The molecule has 0 unspecified atom stereocenters. The third-order valence-corrected chi connectivity index (χ3v) is 4.24. The van der Waals surface area contributed by atoms with Crippen molar-refractivity contribution in [2.75, 3.05) is 5.32 Å². The van der Waals surface area contributed by atoms with E-state index in [1.165, 1.54) is 12.8 Å². The summed E-state index contributed by atoms with van der Waals surface area (Å²) < 4.78 is 2.14. The number of halogens is 1. The number of aromatic nitrogens is 2. The molecule has 0 atom stereocenters. The molecule has 0 spiro atoms. The lowest BCUT2D eigenvalue weighted by Crippen LogP contribution is -2.32. The Balaban J connectivity index is 2.22. The molecule has 0 aliphatic heterocycles. The second-order valence-corrected chi connectivity index (χ2v) is 6.46. The molecular formula is C13H20BrN3O. The number of hydrogen-bond donors (Lipinski definition) is 1. The van der Waals surface area contributed by atoms with Crippen molar-refractivity contribution in [1.29, 1.82) is 0 Å². The van der Waals surface area contributed by atoms with Gasteiger partial charge in [0.2, 0.25) is 0 Å². The summed E-state index contributed by atoms with van der Waals surface area (Å²) in [6.07, 6.45) is 5.15. The molecule has 1 fully saturated rings. The SMILES string of the molecule is CCC(C)(C)Nc1cnn(CC2CC2)c(=O)c1Br. The molecule has 1 aliphatic rings. The van der Waals surface area contributed by atoms with Gasteiger partial charge in [0.25, 0.3) is 5.56 Å². The highest BCUT2D eigenvalue weighted by Gasteiger charge is 2.24. The summed E-state index contributed by atoms with van der Waals surface area (Å²) in [5, 5.41) is 7.60. The molecule has 1 aromatic heterocycles. The molecule has 0 bridgehead atoms. The van der Waals surface area contributed by atoms with Crippen LogP contribution < -0.4 is 10.9 Å². The maximum Gasteiger partial charge on any atom is 0.283 e. The van der Waals surface area contributed by atoms with E-state index in [9.17, 15) is 4.79 Å². The lowest BCUT2D eigenvalue weighted by atomic mass is 10.0. The maximum atomic E-state index is 12.1. The van der Waals surface area contributed by atoms with Gasteiger partial charge in [-0.15, -0.1) is 0 Å². The first-order valence-corrected chi connectivity index (χ1v) is 7.26.